The van der Waals surface area contributed by atoms with Gasteiger partial charge in [0.2, 0.25) is 0 Å². The number of nitro benzene ring substituents is 1. The number of carbonyl (C=O) groups is 1. The number of aromatic carboxylic acids is 1. The number of hydrogen-bond donors (Lipinski definition) is 0. The molecule has 0 amide bonds. The van der Waals surface area contributed by atoms with Gasteiger partial charge in [0.15, 0.2) is 0 Å². The Labute approximate surface area is 116 Å². The normalized spacial score (nSPS) is 9.20. The minimum Gasteiger partial charge on any atom is -0.545 e. The van der Waals surface area contributed by atoms with Gasteiger partial charge in [-0.05, 0) is 6.07 Å². The van der Waals surface area contributed by atoms with Crippen molar-refractivity contribution in [3.63, 3.8) is 0 Å². The van der Waals surface area contributed by atoms with E-state index in [0.29, 0.717) is 0 Å². The van der Waals surface area contributed by atoms with E-state index in [-0.39, 0.29) is 34.6 Å². The van der Waals surface area contributed by atoms with Crippen LogP contribution in [0.15, 0.2) is 12.1 Å². The second-order valence-corrected chi connectivity index (χ2v) is 3.15. The van der Waals surface area contributed by atoms with Gasteiger partial charge in [-0.15, -0.1) is 0 Å². The third-order valence-electron chi connectivity index (χ3n) is 1.43. The molecule has 0 N–H and O–H groups in total. The van der Waals surface area contributed by atoms with Gasteiger partial charge in [0, 0.05) is 16.7 Å². The van der Waals surface area contributed by atoms with E-state index in [9.17, 15) is 20.0 Å². The van der Waals surface area contributed by atoms with Crippen LogP contribution < -0.4 is 34.7 Å². The molecule has 0 bridgehead atoms. The molecule has 0 atom stereocenters. The maximum Gasteiger partial charge on any atom is 1.00 e. The number of hydrogen-bond acceptors (Lipinski definition) is 4. The minimum absolute atomic E-state index is 0. The summed E-state index contributed by atoms with van der Waals surface area (Å²) in [6.45, 7) is 0. The molecule has 0 radical (unpaired) electrons. The van der Waals surface area contributed by atoms with Crippen molar-refractivity contribution in [2.24, 2.45) is 0 Å². The van der Waals surface area contributed by atoms with Gasteiger partial charge >= 0.3 is 29.6 Å². The maximum absolute atomic E-state index is 10.5. The van der Waals surface area contributed by atoms with E-state index in [4.69, 9.17) is 23.2 Å². The third kappa shape index (κ3) is 3.32. The summed E-state index contributed by atoms with van der Waals surface area (Å²) < 4.78 is 0. The van der Waals surface area contributed by atoms with Gasteiger partial charge in [-0.25, -0.2) is 0 Å². The number of rotatable bonds is 2. The van der Waals surface area contributed by atoms with E-state index >= 15 is 0 Å². The van der Waals surface area contributed by atoms with Crippen LogP contribution in [0.3, 0.4) is 0 Å². The molecule has 0 saturated carbocycles. The van der Waals surface area contributed by atoms with E-state index in [1.165, 1.54) is 0 Å². The number of benzene rings is 1. The second kappa shape index (κ2) is 5.67. The summed E-state index contributed by atoms with van der Waals surface area (Å²) in [6.07, 6.45) is 0. The first-order chi connectivity index (χ1) is 6.43. The van der Waals surface area contributed by atoms with Crippen LogP contribution in [-0.2, 0) is 0 Å². The van der Waals surface area contributed by atoms with Crippen molar-refractivity contribution < 1.29 is 44.4 Å². The maximum atomic E-state index is 10.5. The van der Waals surface area contributed by atoms with Gasteiger partial charge in [0.05, 0.1) is 10.9 Å². The summed E-state index contributed by atoms with van der Waals surface area (Å²) in [7, 11) is 0. The zero-order valence-corrected chi connectivity index (χ0v) is 11.0. The van der Waals surface area contributed by atoms with Crippen LogP contribution in [0.25, 0.3) is 0 Å². The van der Waals surface area contributed by atoms with Gasteiger partial charge in [-0.1, -0.05) is 23.2 Å². The summed E-state index contributed by atoms with van der Waals surface area (Å²) in [5.41, 5.74) is -1.05. The standard InChI is InChI=1S/C7H3Cl2NO4.Na/c8-3-1-4(7(11)12)6(9)5(2-3)10(13)14;/h1-2H,(H,11,12);/q;+1/p-1. The Morgan fingerprint density at radius 3 is 2.27 bits per heavy atom. The van der Waals surface area contributed by atoms with Crippen LogP contribution in [0.5, 0.6) is 0 Å². The average Bonchev–Trinajstić information content (AvgIpc) is 2.07. The fourth-order valence-electron chi connectivity index (χ4n) is 0.856. The molecule has 1 aromatic carbocycles. The van der Waals surface area contributed by atoms with Gasteiger partial charge in [-0.3, -0.25) is 10.1 Å². The molecular formula is C7H2Cl2NNaO4. The Kier molecular flexibility index (Phi) is 5.55. The molecule has 74 valence electrons. The van der Waals surface area contributed by atoms with Crippen molar-refractivity contribution >= 4 is 34.9 Å². The topological polar surface area (TPSA) is 83.3 Å². The largest absolute Gasteiger partial charge is 1.00 e. The van der Waals surface area contributed by atoms with Crippen LogP contribution in [0.4, 0.5) is 5.69 Å². The van der Waals surface area contributed by atoms with Crippen molar-refractivity contribution in [1.82, 2.24) is 0 Å². The first kappa shape index (κ1) is 14.7. The zero-order chi connectivity index (χ0) is 10.9. The van der Waals surface area contributed by atoms with E-state index in [0.717, 1.165) is 12.1 Å². The molecule has 0 heterocycles. The Balaban J connectivity index is 0.00000196. The quantitative estimate of drug-likeness (QED) is 0.358. The van der Waals surface area contributed by atoms with Crippen LogP contribution in [0.2, 0.25) is 10.0 Å². The predicted octanol–water partition coefficient (Wildman–Crippen LogP) is -1.73. The number of carboxylic acids is 1. The molecule has 5 nitrogen and oxygen atoms in total. The Morgan fingerprint density at radius 1 is 1.33 bits per heavy atom. The number of nitrogens with zero attached hydrogens (tertiary/aromatic N) is 1. The summed E-state index contributed by atoms with van der Waals surface area (Å²) in [6, 6.07) is 1.96. The van der Waals surface area contributed by atoms with Crippen molar-refractivity contribution in [2.45, 2.75) is 0 Å². The Bertz CT molecular complexity index is 388. The molecule has 0 aromatic heterocycles. The van der Waals surface area contributed by atoms with E-state index < -0.39 is 27.2 Å². The molecule has 0 spiro atoms. The summed E-state index contributed by atoms with van der Waals surface area (Å²) in [4.78, 5) is 20.1. The molecule has 0 aliphatic heterocycles. The van der Waals surface area contributed by atoms with E-state index in [1.807, 2.05) is 0 Å². The number of halogens is 2. The fraction of sp³-hybridized carbons (Fsp3) is 0. The van der Waals surface area contributed by atoms with Crippen LogP contribution in [-0.4, -0.2) is 10.9 Å². The predicted molar refractivity (Wildman–Crippen MR) is 47.4 cm³/mol. The first-order valence-corrected chi connectivity index (χ1v) is 4.04. The molecule has 0 unspecified atom stereocenters. The molecular weight excluding hydrogens is 256 g/mol. The van der Waals surface area contributed by atoms with Crippen molar-refractivity contribution in [1.29, 1.82) is 0 Å². The van der Waals surface area contributed by atoms with Crippen molar-refractivity contribution in [3.8, 4) is 0 Å². The molecule has 0 aliphatic carbocycles. The second-order valence-electron chi connectivity index (χ2n) is 2.33. The summed E-state index contributed by atoms with van der Waals surface area (Å²) in [5, 5.41) is 20.3. The SMILES string of the molecule is O=C([O-])c1cc(Cl)cc([N+](=O)[O-])c1Cl.[Na+]. The van der Waals surface area contributed by atoms with Crippen LogP contribution in [0.1, 0.15) is 10.4 Å². The van der Waals surface area contributed by atoms with Crippen molar-refractivity contribution in [2.75, 3.05) is 0 Å². The van der Waals surface area contributed by atoms with Crippen LogP contribution >= 0.6 is 23.2 Å². The monoisotopic (exact) mass is 257 g/mol. The fourth-order valence-corrected chi connectivity index (χ4v) is 1.32. The van der Waals surface area contributed by atoms with Gasteiger partial charge in [0.25, 0.3) is 5.69 Å². The summed E-state index contributed by atoms with van der Waals surface area (Å²) >= 11 is 10.9. The molecule has 8 heteroatoms. The van der Waals surface area contributed by atoms with Gasteiger partial charge < -0.3 is 9.90 Å². The van der Waals surface area contributed by atoms with E-state index in [2.05, 4.69) is 0 Å². The molecule has 0 saturated heterocycles. The molecule has 0 aliphatic rings. The third-order valence-corrected chi connectivity index (χ3v) is 2.05. The number of carbonyl (C=O) groups excluding carboxylic acids is 1. The zero-order valence-electron chi connectivity index (χ0n) is 7.49. The van der Waals surface area contributed by atoms with Crippen LogP contribution in [0, 0.1) is 10.1 Å². The molecule has 1 rings (SSSR count). The smallest absolute Gasteiger partial charge is 0.545 e. The number of carboxylic acid groups (broad SMARTS) is 1. The Hall–Kier alpha value is -0.330. The molecule has 15 heavy (non-hydrogen) atoms. The van der Waals surface area contributed by atoms with Gasteiger partial charge in [0.1, 0.15) is 5.02 Å². The average molecular weight is 258 g/mol. The number of nitro groups is 1. The molecule has 1 aromatic rings. The first-order valence-electron chi connectivity index (χ1n) is 3.28. The summed E-state index contributed by atoms with van der Waals surface area (Å²) in [5.74, 6) is -1.61. The minimum atomic E-state index is -1.61. The van der Waals surface area contributed by atoms with Gasteiger partial charge in [-0.2, -0.15) is 0 Å². The Morgan fingerprint density at radius 2 is 1.87 bits per heavy atom. The van der Waals surface area contributed by atoms with Crippen molar-refractivity contribution in [3.05, 3.63) is 37.9 Å². The molecule has 0 fully saturated rings. The van der Waals surface area contributed by atoms with E-state index in [1.54, 1.807) is 0 Å².